The Bertz CT molecular complexity index is 1020. The van der Waals surface area contributed by atoms with Crippen LogP contribution in [0.3, 0.4) is 0 Å². The first-order chi connectivity index (χ1) is 15.9. The summed E-state index contributed by atoms with van der Waals surface area (Å²) >= 11 is 1.75. The summed E-state index contributed by atoms with van der Waals surface area (Å²) in [6.07, 6.45) is 0. The van der Waals surface area contributed by atoms with Crippen molar-refractivity contribution in [3.8, 4) is 5.69 Å². The van der Waals surface area contributed by atoms with Crippen LogP contribution in [0.2, 0.25) is 0 Å². The van der Waals surface area contributed by atoms with E-state index in [0.29, 0.717) is 5.92 Å². The van der Waals surface area contributed by atoms with Crippen molar-refractivity contribution in [3.63, 3.8) is 0 Å². The fraction of sp³-hybridized carbons (Fsp3) is 0.500. The molecule has 0 unspecified atom stereocenters. The lowest BCUT2D eigenvalue weighted by Gasteiger charge is -2.36. The number of aromatic nitrogens is 2. The summed E-state index contributed by atoms with van der Waals surface area (Å²) < 4.78 is 16.1. The lowest BCUT2D eigenvalue weighted by Crippen LogP contribution is -2.47. The van der Waals surface area contributed by atoms with E-state index in [1.807, 2.05) is 10.7 Å². The molecule has 3 aromatic rings. The minimum absolute atomic E-state index is 0.233. The van der Waals surface area contributed by atoms with Crippen molar-refractivity contribution in [1.29, 1.82) is 0 Å². The van der Waals surface area contributed by atoms with Gasteiger partial charge in [-0.05, 0) is 60.0 Å². The number of likely N-dealkylation sites (N-methyl/N-ethyl adjacent to an activating group) is 1. The quantitative estimate of drug-likeness (QED) is 0.432. The van der Waals surface area contributed by atoms with Gasteiger partial charge in [-0.2, -0.15) is 16.4 Å². The number of halogens is 1. The zero-order chi connectivity index (χ0) is 23.4. The number of aryl methyl sites for hydroxylation is 1. The van der Waals surface area contributed by atoms with E-state index in [1.54, 1.807) is 23.5 Å². The highest BCUT2D eigenvalue weighted by molar-refractivity contribution is 7.07. The molecule has 1 aliphatic rings. The second-order valence-corrected chi connectivity index (χ2v) is 10.2. The highest BCUT2D eigenvalue weighted by atomic mass is 32.1. The van der Waals surface area contributed by atoms with Gasteiger partial charge < -0.3 is 9.80 Å². The van der Waals surface area contributed by atoms with Gasteiger partial charge in [-0.15, -0.1) is 0 Å². The van der Waals surface area contributed by atoms with Crippen LogP contribution in [0.4, 0.5) is 10.2 Å². The van der Waals surface area contributed by atoms with E-state index in [4.69, 9.17) is 5.10 Å². The Morgan fingerprint density at radius 3 is 2.55 bits per heavy atom. The van der Waals surface area contributed by atoms with Gasteiger partial charge in [0.2, 0.25) is 0 Å². The lowest BCUT2D eigenvalue weighted by atomic mass is 10.1. The van der Waals surface area contributed by atoms with Crippen LogP contribution in [0, 0.1) is 18.7 Å². The van der Waals surface area contributed by atoms with Crippen LogP contribution in [0.25, 0.3) is 5.69 Å². The molecule has 33 heavy (non-hydrogen) atoms. The summed E-state index contributed by atoms with van der Waals surface area (Å²) in [7, 11) is 0. The van der Waals surface area contributed by atoms with E-state index in [-0.39, 0.29) is 5.82 Å². The molecule has 7 heteroatoms. The monoisotopic (exact) mass is 469 g/mol. The second-order valence-electron chi connectivity index (χ2n) is 9.40. The second kappa shape index (κ2) is 10.8. The standard InChI is InChI=1S/C26H36FN5S/c1-5-29-10-12-31(13-11-29)26-25(18-30(16-20(2)3)17-22-9-14-33-19-22)21(4)28-32(26)24-8-6-7-23(27)15-24/h6-9,14-15,19-20H,5,10-13,16-18H2,1-4H3. The number of thiophene rings is 1. The maximum absolute atomic E-state index is 14.1. The van der Waals surface area contributed by atoms with Crippen molar-refractivity contribution >= 4 is 17.2 Å². The molecule has 1 aliphatic heterocycles. The molecule has 5 nitrogen and oxygen atoms in total. The van der Waals surface area contributed by atoms with E-state index in [0.717, 1.165) is 69.6 Å². The van der Waals surface area contributed by atoms with Crippen molar-refractivity contribution in [1.82, 2.24) is 19.6 Å². The molecule has 0 radical (unpaired) electrons. The molecule has 1 aromatic carbocycles. The van der Waals surface area contributed by atoms with Crippen LogP contribution in [0.5, 0.6) is 0 Å². The van der Waals surface area contributed by atoms with Crippen LogP contribution in [0.15, 0.2) is 41.1 Å². The van der Waals surface area contributed by atoms with Gasteiger partial charge in [0.1, 0.15) is 11.6 Å². The highest BCUT2D eigenvalue weighted by Gasteiger charge is 2.26. The first kappa shape index (κ1) is 23.9. The highest BCUT2D eigenvalue weighted by Crippen LogP contribution is 2.30. The van der Waals surface area contributed by atoms with Crippen LogP contribution in [0.1, 0.15) is 37.6 Å². The number of nitrogens with zero attached hydrogens (tertiary/aromatic N) is 5. The SMILES string of the molecule is CCN1CCN(c2c(CN(Cc3ccsc3)CC(C)C)c(C)nn2-c2cccc(F)c2)CC1. The minimum Gasteiger partial charge on any atom is -0.354 e. The number of hydrogen-bond donors (Lipinski definition) is 0. The van der Waals surface area contributed by atoms with Gasteiger partial charge in [0, 0.05) is 51.4 Å². The van der Waals surface area contributed by atoms with E-state index in [9.17, 15) is 4.39 Å². The largest absolute Gasteiger partial charge is 0.354 e. The minimum atomic E-state index is -0.233. The zero-order valence-corrected chi connectivity index (χ0v) is 21.1. The molecule has 1 saturated heterocycles. The number of anilines is 1. The molecule has 4 rings (SSSR count). The van der Waals surface area contributed by atoms with Crippen molar-refractivity contribution in [2.45, 2.75) is 40.8 Å². The van der Waals surface area contributed by atoms with Gasteiger partial charge in [-0.25, -0.2) is 9.07 Å². The Morgan fingerprint density at radius 1 is 1.12 bits per heavy atom. The van der Waals surface area contributed by atoms with E-state index >= 15 is 0 Å². The Labute approximate surface area is 201 Å². The third kappa shape index (κ3) is 5.83. The number of rotatable bonds is 9. The number of benzene rings is 1. The maximum Gasteiger partial charge on any atom is 0.137 e. The molecule has 0 spiro atoms. The number of piperazine rings is 1. The van der Waals surface area contributed by atoms with E-state index in [1.165, 1.54) is 17.2 Å². The molecular weight excluding hydrogens is 433 g/mol. The first-order valence-electron chi connectivity index (χ1n) is 12.0. The third-order valence-corrected chi connectivity index (χ3v) is 7.05. The molecule has 3 heterocycles. The molecule has 2 aromatic heterocycles. The summed E-state index contributed by atoms with van der Waals surface area (Å²) in [6, 6.07) is 9.00. The Morgan fingerprint density at radius 2 is 1.91 bits per heavy atom. The Balaban J connectivity index is 1.71. The summed E-state index contributed by atoms with van der Waals surface area (Å²) in [5.74, 6) is 1.45. The van der Waals surface area contributed by atoms with Gasteiger partial charge in [0.25, 0.3) is 0 Å². The van der Waals surface area contributed by atoms with Gasteiger partial charge in [0.05, 0.1) is 11.4 Å². The average Bonchev–Trinajstić information content (AvgIpc) is 3.41. The van der Waals surface area contributed by atoms with Gasteiger partial charge >= 0.3 is 0 Å². The lowest BCUT2D eigenvalue weighted by molar-refractivity contribution is 0.227. The maximum atomic E-state index is 14.1. The molecule has 1 fully saturated rings. The molecular formula is C26H36FN5S. The summed E-state index contributed by atoms with van der Waals surface area (Å²) in [5.41, 5.74) is 4.41. The Kier molecular flexibility index (Phi) is 7.83. The van der Waals surface area contributed by atoms with Crippen molar-refractivity contribution in [2.75, 3.05) is 44.2 Å². The van der Waals surface area contributed by atoms with Crippen molar-refractivity contribution < 1.29 is 4.39 Å². The predicted molar refractivity (Wildman–Crippen MR) is 136 cm³/mol. The van der Waals surface area contributed by atoms with Gasteiger partial charge in [-0.1, -0.05) is 26.8 Å². The molecule has 0 atom stereocenters. The van der Waals surface area contributed by atoms with E-state index in [2.05, 4.69) is 59.2 Å². The molecule has 0 N–H and O–H groups in total. The third-order valence-electron chi connectivity index (χ3n) is 6.32. The van der Waals surface area contributed by atoms with E-state index < -0.39 is 0 Å². The molecule has 0 bridgehead atoms. The van der Waals surface area contributed by atoms with Gasteiger partial charge in [-0.3, -0.25) is 4.90 Å². The molecule has 178 valence electrons. The van der Waals surface area contributed by atoms with Crippen LogP contribution in [-0.2, 0) is 13.1 Å². The Hall–Kier alpha value is -2.22. The average molecular weight is 470 g/mol. The topological polar surface area (TPSA) is 27.5 Å². The van der Waals surface area contributed by atoms with Crippen LogP contribution < -0.4 is 4.90 Å². The molecule has 0 aliphatic carbocycles. The summed E-state index contributed by atoms with van der Waals surface area (Å²) in [5, 5.41) is 9.32. The van der Waals surface area contributed by atoms with Gasteiger partial charge in [0.15, 0.2) is 0 Å². The molecule has 0 amide bonds. The summed E-state index contributed by atoms with van der Waals surface area (Å²) in [4.78, 5) is 7.45. The molecule has 0 saturated carbocycles. The zero-order valence-electron chi connectivity index (χ0n) is 20.3. The summed E-state index contributed by atoms with van der Waals surface area (Å²) in [6.45, 7) is 16.7. The van der Waals surface area contributed by atoms with Crippen molar-refractivity contribution in [2.24, 2.45) is 5.92 Å². The van der Waals surface area contributed by atoms with Crippen LogP contribution >= 0.6 is 11.3 Å². The smallest absolute Gasteiger partial charge is 0.137 e. The van der Waals surface area contributed by atoms with Crippen molar-refractivity contribution in [3.05, 3.63) is 63.7 Å². The van der Waals surface area contributed by atoms with Crippen LogP contribution in [-0.4, -0.2) is 58.8 Å². The predicted octanol–water partition coefficient (Wildman–Crippen LogP) is 5.18. The fourth-order valence-electron chi connectivity index (χ4n) is 4.69. The number of hydrogen-bond acceptors (Lipinski definition) is 5. The normalized spacial score (nSPS) is 15.2. The first-order valence-corrected chi connectivity index (χ1v) is 12.9. The fourth-order valence-corrected chi connectivity index (χ4v) is 5.35.